The van der Waals surface area contributed by atoms with Crippen molar-refractivity contribution in [2.75, 3.05) is 0 Å². The molecule has 1 atom stereocenters. The summed E-state index contributed by atoms with van der Waals surface area (Å²) in [5.41, 5.74) is 3.51. The van der Waals surface area contributed by atoms with Gasteiger partial charge in [0.2, 0.25) is 0 Å². The number of nitrogens with zero attached hydrogens (tertiary/aromatic N) is 3. The van der Waals surface area contributed by atoms with Gasteiger partial charge >= 0.3 is 0 Å². The van der Waals surface area contributed by atoms with Crippen molar-refractivity contribution in [3.8, 4) is 5.69 Å². The highest BCUT2D eigenvalue weighted by molar-refractivity contribution is 5.48. The van der Waals surface area contributed by atoms with E-state index in [4.69, 9.17) is 4.74 Å². The average molecular weight is 418 g/mol. The van der Waals surface area contributed by atoms with E-state index in [0.717, 1.165) is 30.2 Å². The highest BCUT2D eigenvalue weighted by atomic mass is 16.5. The molecule has 1 aliphatic heterocycles. The number of para-hydroxylation sites is 1. The number of hydrogen-bond acceptors (Lipinski definition) is 3. The van der Waals surface area contributed by atoms with Crippen LogP contribution in [0.2, 0.25) is 0 Å². The van der Waals surface area contributed by atoms with Gasteiger partial charge in [-0.3, -0.25) is 4.57 Å². The van der Waals surface area contributed by atoms with Gasteiger partial charge in [-0.25, -0.2) is 0 Å². The minimum Gasteiger partial charge on any atom is -0.361 e. The topological polar surface area (TPSA) is 39.9 Å². The molecule has 31 heavy (non-hydrogen) atoms. The van der Waals surface area contributed by atoms with Crippen LogP contribution in [0.1, 0.15) is 93.6 Å². The third-order valence-electron chi connectivity index (χ3n) is 6.24. The van der Waals surface area contributed by atoms with E-state index in [1.165, 1.54) is 62.5 Å². The fourth-order valence-corrected chi connectivity index (χ4v) is 4.55. The van der Waals surface area contributed by atoms with Gasteiger partial charge in [0.1, 0.15) is 18.5 Å². The van der Waals surface area contributed by atoms with E-state index < -0.39 is 0 Å². The molecule has 1 aliphatic rings. The summed E-state index contributed by atoms with van der Waals surface area (Å²) < 4.78 is 8.57. The predicted molar refractivity (Wildman–Crippen MR) is 125 cm³/mol. The van der Waals surface area contributed by atoms with Gasteiger partial charge < -0.3 is 4.74 Å². The Bertz CT molecular complexity index is 935. The van der Waals surface area contributed by atoms with Crippen molar-refractivity contribution in [1.82, 2.24) is 14.8 Å². The second-order valence-electron chi connectivity index (χ2n) is 8.61. The molecule has 0 spiro atoms. The zero-order chi connectivity index (χ0) is 21.3. The minimum absolute atomic E-state index is 0.0836. The van der Waals surface area contributed by atoms with E-state index in [9.17, 15) is 0 Å². The molecule has 4 heteroatoms. The van der Waals surface area contributed by atoms with Gasteiger partial charge in [-0.15, -0.1) is 10.2 Å². The number of aromatic nitrogens is 3. The lowest BCUT2D eigenvalue weighted by molar-refractivity contribution is 0.0655. The molecule has 0 radical (unpaired) electrons. The van der Waals surface area contributed by atoms with E-state index in [1.54, 1.807) is 0 Å². The Morgan fingerprint density at radius 1 is 0.806 bits per heavy atom. The second kappa shape index (κ2) is 11.2. The molecule has 2 aromatic carbocycles. The first-order valence-corrected chi connectivity index (χ1v) is 12.1. The number of fused-ring (bicyclic) bond motifs is 3. The van der Waals surface area contributed by atoms with Crippen LogP contribution in [0, 0.1) is 0 Å². The Balaban J connectivity index is 1.41. The summed E-state index contributed by atoms with van der Waals surface area (Å²) in [6.07, 6.45) is 12.9. The van der Waals surface area contributed by atoms with Gasteiger partial charge in [0.05, 0.1) is 5.69 Å². The smallest absolute Gasteiger partial charge is 0.163 e. The normalized spacial score (nSPS) is 15.3. The second-order valence-corrected chi connectivity index (χ2v) is 8.61. The molecule has 1 aromatic heterocycles. The van der Waals surface area contributed by atoms with Crippen LogP contribution in [0.5, 0.6) is 0 Å². The van der Waals surface area contributed by atoms with Crippen molar-refractivity contribution in [3.63, 3.8) is 0 Å². The Labute approximate surface area is 186 Å². The van der Waals surface area contributed by atoms with Crippen LogP contribution in [0.3, 0.4) is 0 Å². The van der Waals surface area contributed by atoms with Crippen LogP contribution in [-0.4, -0.2) is 14.8 Å². The zero-order valence-corrected chi connectivity index (χ0v) is 18.8. The van der Waals surface area contributed by atoms with Crippen molar-refractivity contribution >= 4 is 0 Å². The summed E-state index contributed by atoms with van der Waals surface area (Å²) in [7, 11) is 0. The molecular weight excluding hydrogens is 382 g/mol. The Hall–Kier alpha value is -2.46. The lowest BCUT2D eigenvalue weighted by atomic mass is 9.99. The van der Waals surface area contributed by atoms with Gasteiger partial charge in [0, 0.05) is 12.0 Å². The van der Waals surface area contributed by atoms with Crippen LogP contribution in [0.15, 0.2) is 54.6 Å². The van der Waals surface area contributed by atoms with Crippen LogP contribution >= 0.6 is 0 Å². The lowest BCUT2D eigenvalue weighted by Gasteiger charge is -2.18. The van der Waals surface area contributed by atoms with E-state index in [1.807, 2.05) is 6.07 Å². The van der Waals surface area contributed by atoms with Crippen LogP contribution in [-0.2, 0) is 17.8 Å². The molecule has 0 saturated heterocycles. The summed E-state index contributed by atoms with van der Waals surface area (Å²) in [5, 5.41) is 9.03. The summed E-state index contributed by atoms with van der Waals surface area (Å²) in [5.74, 6) is 1.96. The van der Waals surface area contributed by atoms with Gasteiger partial charge in [0.25, 0.3) is 0 Å². The molecule has 0 bridgehead atoms. The molecular formula is C27H35N3O. The number of hydrogen-bond donors (Lipinski definition) is 0. The van der Waals surface area contributed by atoms with Crippen LogP contribution < -0.4 is 0 Å². The standard InChI is InChI=1S/C27H35N3O/c1-2-3-4-5-6-7-8-9-13-20-25-28-29-26-21-31-27(22-16-11-10-12-17-22)23-18-14-15-19-24(23)30(25)26/h10-12,14-19,27H,2-9,13,20-21H2,1H3. The Kier molecular flexibility index (Phi) is 7.89. The van der Waals surface area contributed by atoms with Crippen molar-refractivity contribution in [2.45, 2.75) is 83.8 Å². The number of rotatable bonds is 11. The van der Waals surface area contributed by atoms with Gasteiger partial charge in [-0.2, -0.15) is 0 Å². The van der Waals surface area contributed by atoms with E-state index >= 15 is 0 Å². The summed E-state index contributed by atoms with van der Waals surface area (Å²) >= 11 is 0. The SMILES string of the molecule is CCCCCCCCCCCc1nnc2n1-c1ccccc1C(c1ccccc1)OC2. The monoisotopic (exact) mass is 417 g/mol. The van der Waals surface area contributed by atoms with Crippen LogP contribution in [0.25, 0.3) is 5.69 Å². The summed E-state index contributed by atoms with van der Waals surface area (Å²) in [6.45, 7) is 2.75. The average Bonchev–Trinajstić information content (AvgIpc) is 3.13. The molecule has 4 rings (SSSR count). The zero-order valence-electron chi connectivity index (χ0n) is 18.8. The molecule has 0 aliphatic carbocycles. The van der Waals surface area contributed by atoms with Crippen LogP contribution in [0.4, 0.5) is 0 Å². The fourth-order valence-electron chi connectivity index (χ4n) is 4.55. The number of ether oxygens (including phenoxy) is 1. The van der Waals surface area contributed by atoms with Gasteiger partial charge in [-0.05, 0) is 18.1 Å². The molecule has 0 fully saturated rings. The molecule has 3 aromatic rings. The van der Waals surface area contributed by atoms with Crippen molar-refractivity contribution in [3.05, 3.63) is 77.4 Å². The lowest BCUT2D eigenvalue weighted by Crippen LogP contribution is -2.07. The number of benzene rings is 2. The number of aryl methyl sites for hydroxylation is 1. The molecule has 0 amide bonds. The molecule has 0 N–H and O–H groups in total. The Morgan fingerprint density at radius 2 is 1.48 bits per heavy atom. The van der Waals surface area contributed by atoms with E-state index in [-0.39, 0.29) is 6.10 Å². The molecule has 1 unspecified atom stereocenters. The van der Waals surface area contributed by atoms with Gasteiger partial charge in [-0.1, -0.05) is 107 Å². The first-order valence-electron chi connectivity index (χ1n) is 12.1. The third kappa shape index (κ3) is 5.43. The van der Waals surface area contributed by atoms with Gasteiger partial charge in [0.15, 0.2) is 5.82 Å². The molecule has 0 saturated carbocycles. The maximum absolute atomic E-state index is 6.33. The highest BCUT2D eigenvalue weighted by Crippen LogP contribution is 2.35. The molecule has 2 heterocycles. The summed E-state index contributed by atoms with van der Waals surface area (Å²) in [4.78, 5) is 0. The first-order chi connectivity index (χ1) is 15.4. The highest BCUT2D eigenvalue weighted by Gasteiger charge is 2.26. The van der Waals surface area contributed by atoms with E-state index in [0.29, 0.717) is 6.61 Å². The Morgan fingerprint density at radius 3 is 2.26 bits per heavy atom. The van der Waals surface area contributed by atoms with E-state index in [2.05, 4.69) is 70.2 Å². The maximum atomic E-state index is 6.33. The first kappa shape index (κ1) is 21.8. The minimum atomic E-state index is -0.0836. The van der Waals surface area contributed by atoms with Crippen molar-refractivity contribution in [2.24, 2.45) is 0 Å². The quantitative estimate of drug-likeness (QED) is 0.317. The molecule has 4 nitrogen and oxygen atoms in total. The predicted octanol–water partition coefficient (Wildman–Crippen LogP) is 6.96. The largest absolute Gasteiger partial charge is 0.361 e. The number of unbranched alkanes of at least 4 members (excludes halogenated alkanes) is 8. The molecule has 164 valence electrons. The van der Waals surface area contributed by atoms with Crippen molar-refractivity contribution in [1.29, 1.82) is 0 Å². The third-order valence-corrected chi connectivity index (χ3v) is 6.24. The maximum Gasteiger partial charge on any atom is 0.163 e. The van der Waals surface area contributed by atoms with Crippen molar-refractivity contribution < 1.29 is 4.74 Å². The summed E-state index contributed by atoms with van der Waals surface area (Å²) in [6, 6.07) is 19.0. The fraction of sp³-hybridized carbons (Fsp3) is 0.481.